The molecule has 0 N–H and O–H groups in total. The third-order valence-corrected chi connectivity index (χ3v) is 2.01. The Kier molecular flexibility index (Phi) is 6.29. The number of hydrogen-bond donors (Lipinski definition) is 0. The van der Waals surface area contributed by atoms with Crippen molar-refractivity contribution in [2.45, 2.75) is 40.0 Å². The van der Waals surface area contributed by atoms with Crippen LogP contribution in [0.4, 0.5) is 0 Å². The molecule has 0 spiro atoms. The van der Waals surface area contributed by atoms with Crippen molar-refractivity contribution in [2.24, 2.45) is 0 Å². The van der Waals surface area contributed by atoms with Crippen LogP contribution in [0.3, 0.4) is 0 Å². The van der Waals surface area contributed by atoms with Crippen LogP contribution in [0, 0.1) is 31.1 Å². The zero-order valence-corrected chi connectivity index (χ0v) is 14.7. The molecular formula is C12H18N3U-. The summed E-state index contributed by atoms with van der Waals surface area (Å²) in [5, 5.41) is 1.06. The maximum absolute atomic E-state index is 4.30. The van der Waals surface area contributed by atoms with E-state index in [1.165, 1.54) is 0 Å². The van der Waals surface area contributed by atoms with Gasteiger partial charge in [-0.15, -0.1) is 0 Å². The molecule has 0 bridgehead atoms. The van der Waals surface area contributed by atoms with Crippen LogP contribution in [0.5, 0.6) is 0 Å². The van der Waals surface area contributed by atoms with E-state index in [1.807, 2.05) is 19.9 Å². The van der Waals surface area contributed by atoms with E-state index in [0.717, 1.165) is 16.7 Å². The molecule has 86 valence electrons. The van der Waals surface area contributed by atoms with E-state index >= 15 is 0 Å². The van der Waals surface area contributed by atoms with Gasteiger partial charge in [0, 0.05) is 42.9 Å². The molecule has 0 saturated carbocycles. The maximum atomic E-state index is 4.30. The van der Waals surface area contributed by atoms with Gasteiger partial charge in [0.15, 0.2) is 0 Å². The molecule has 2 aromatic heterocycles. The molecule has 0 aliphatic rings. The topological polar surface area (TPSA) is 39.9 Å². The molecular weight excluding hydrogens is 424 g/mol. The molecule has 0 atom stereocenters. The summed E-state index contributed by atoms with van der Waals surface area (Å²) in [5.41, 5.74) is 1.91. The number of fused-ring (bicyclic) bond motifs is 1. The van der Waals surface area contributed by atoms with Gasteiger partial charge in [-0.2, -0.15) is 0 Å². The fourth-order valence-electron chi connectivity index (χ4n) is 1.42. The summed E-state index contributed by atoms with van der Waals surface area (Å²) < 4.78 is 0. The van der Waals surface area contributed by atoms with Gasteiger partial charge in [0.25, 0.3) is 0 Å². The first-order valence-corrected chi connectivity index (χ1v) is 5.32. The van der Waals surface area contributed by atoms with Gasteiger partial charge in [0.1, 0.15) is 0 Å². The van der Waals surface area contributed by atoms with Crippen molar-refractivity contribution < 1.29 is 31.1 Å². The van der Waals surface area contributed by atoms with Gasteiger partial charge >= 0.3 is 0 Å². The van der Waals surface area contributed by atoms with E-state index < -0.39 is 0 Å². The van der Waals surface area contributed by atoms with Gasteiger partial charge < -0.3 is 9.97 Å². The Hall–Kier alpha value is -0.328. The van der Waals surface area contributed by atoms with Crippen LogP contribution in [0.1, 0.15) is 40.3 Å². The molecule has 0 saturated heterocycles. The largest absolute Gasteiger partial charge is 0.442 e. The zero-order chi connectivity index (χ0) is 11.5. The van der Waals surface area contributed by atoms with Crippen molar-refractivity contribution in [3.05, 3.63) is 24.3 Å². The Balaban J connectivity index is 0.000000711. The molecule has 0 amide bonds. The second-order valence-corrected chi connectivity index (χ2v) is 4.15. The monoisotopic (exact) mass is 442 g/mol. The summed E-state index contributed by atoms with van der Waals surface area (Å²) >= 11 is 0. The van der Waals surface area contributed by atoms with Crippen LogP contribution < -0.4 is 4.98 Å². The molecule has 2 heterocycles. The summed E-state index contributed by atoms with van der Waals surface area (Å²) in [4.78, 5) is 12.5. The summed E-state index contributed by atoms with van der Waals surface area (Å²) in [7, 11) is 0. The van der Waals surface area contributed by atoms with Gasteiger partial charge in [0.2, 0.25) is 0 Å². The van der Waals surface area contributed by atoms with Crippen molar-refractivity contribution in [1.82, 2.24) is 15.0 Å². The Morgan fingerprint density at radius 2 is 1.75 bits per heavy atom. The Labute approximate surface area is 121 Å². The Bertz CT molecular complexity index is 429. The van der Waals surface area contributed by atoms with Crippen molar-refractivity contribution >= 4 is 11.0 Å². The van der Waals surface area contributed by atoms with Gasteiger partial charge in [0.05, 0.1) is 5.69 Å². The maximum Gasteiger partial charge on any atom is 0.0523 e. The van der Waals surface area contributed by atoms with E-state index in [2.05, 4.69) is 35.7 Å². The summed E-state index contributed by atoms with van der Waals surface area (Å²) in [6, 6.07) is 1.97. The first-order valence-electron chi connectivity index (χ1n) is 5.32. The van der Waals surface area contributed by atoms with Crippen molar-refractivity contribution in [1.29, 1.82) is 0 Å². The third kappa shape index (κ3) is 3.33. The first kappa shape index (κ1) is 15.7. The van der Waals surface area contributed by atoms with Gasteiger partial charge in [-0.1, -0.05) is 46.9 Å². The van der Waals surface area contributed by atoms with Crippen molar-refractivity contribution in [2.75, 3.05) is 0 Å². The average Bonchev–Trinajstić information content (AvgIpc) is 2.66. The molecule has 0 aliphatic carbocycles. The normalized spacial score (nSPS) is 10.3. The molecule has 0 fully saturated rings. The number of hydrogen-bond acceptors (Lipinski definition) is 2. The van der Waals surface area contributed by atoms with Crippen LogP contribution in [0.2, 0.25) is 0 Å². The van der Waals surface area contributed by atoms with E-state index in [-0.39, 0.29) is 36.5 Å². The predicted octanol–water partition coefficient (Wildman–Crippen LogP) is 2.91. The molecule has 4 heteroatoms. The number of rotatable bonds is 0. The van der Waals surface area contributed by atoms with Crippen LogP contribution in [0.15, 0.2) is 18.6 Å². The quantitative estimate of drug-likeness (QED) is 0.630. The molecule has 0 radical (unpaired) electrons. The standard InChI is InChI=1S/C10H12N3.C2H6.U/c1-10(2,3)8-7-4-5-11-9(7)13-6-12-8;1-2;/h4-6H,1-3H3;1-2H3;/q-1;;. The van der Waals surface area contributed by atoms with Gasteiger partial charge in [-0.25, -0.2) is 0 Å². The third-order valence-electron chi connectivity index (χ3n) is 2.01. The minimum atomic E-state index is 0. The van der Waals surface area contributed by atoms with Crippen LogP contribution in [-0.2, 0) is 5.41 Å². The summed E-state index contributed by atoms with van der Waals surface area (Å²) in [5.74, 6) is 0. The zero-order valence-electron chi connectivity index (χ0n) is 10.6. The van der Waals surface area contributed by atoms with Gasteiger partial charge in [-0.05, 0) is 11.0 Å². The second kappa shape index (κ2) is 6.42. The SMILES string of the molecule is CC.CC(C)(C)c1ncnc2[n-]ccc12.[U]. The van der Waals surface area contributed by atoms with E-state index in [1.54, 1.807) is 12.5 Å². The first-order chi connectivity index (χ1) is 7.09. The molecule has 3 nitrogen and oxygen atoms in total. The molecule has 0 unspecified atom stereocenters. The molecule has 16 heavy (non-hydrogen) atoms. The number of aromatic nitrogens is 3. The molecule has 2 rings (SSSR count). The molecule has 2 aromatic rings. The van der Waals surface area contributed by atoms with Crippen LogP contribution >= 0.6 is 0 Å². The smallest absolute Gasteiger partial charge is 0.0523 e. The van der Waals surface area contributed by atoms with E-state index in [9.17, 15) is 0 Å². The van der Waals surface area contributed by atoms with Crippen LogP contribution in [-0.4, -0.2) is 9.97 Å². The minimum absolute atomic E-state index is 0. The van der Waals surface area contributed by atoms with E-state index in [4.69, 9.17) is 0 Å². The Morgan fingerprint density at radius 1 is 1.12 bits per heavy atom. The van der Waals surface area contributed by atoms with Crippen molar-refractivity contribution in [3.63, 3.8) is 0 Å². The predicted molar refractivity (Wildman–Crippen MR) is 62.9 cm³/mol. The summed E-state index contributed by atoms with van der Waals surface area (Å²) in [6.07, 6.45) is 3.35. The number of nitrogens with zero attached hydrogens (tertiary/aromatic N) is 3. The average molecular weight is 442 g/mol. The minimum Gasteiger partial charge on any atom is -0.442 e. The van der Waals surface area contributed by atoms with E-state index in [0.29, 0.717) is 0 Å². The Morgan fingerprint density at radius 3 is 2.31 bits per heavy atom. The molecule has 0 aromatic carbocycles. The fraction of sp³-hybridized carbons (Fsp3) is 0.500. The molecule has 0 aliphatic heterocycles. The second-order valence-electron chi connectivity index (χ2n) is 4.15. The van der Waals surface area contributed by atoms with Gasteiger partial charge in [-0.3, -0.25) is 4.98 Å². The van der Waals surface area contributed by atoms with Crippen molar-refractivity contribution in [3.8, 4) is 0 Å². The fourth-order valence-corrected chi connectivity index (χ4v) is 1.42. The summed E-state index contributed by atoms with van der Waals surface area (Å²) in [6.45, 7) is 10.4. The van der Waals surface area contributed by atoms with Crippen LogP contribution in [0.25, 0.3) is 11.0 Å².